The maximum Gasteiger partial charge on any atom is 0.261 e. The van der Waals surface area contributed by atoms with Crippen molar-refractivity contribution in [3.05, 3.63) is 34.9 Å². The van der Waals surface area contributed by atoms with Crippen LogP contribution in [0.15, 0.2) is 12.1 Å². The molecule has 1 N–H and O–H groups in total. The number of rotatable bonds is 3. The van der Waals surface area contributed by atoms with Gasteiger partial charge < -0.3 is 5.32 Å². The van der Waals surface area contributed by atoms with E-state index in [1.54, 1.807) is 0 Å². The van der Waals surface area contributed by atoms with Gasteiger partial charge in [-0.2, -0.15) is 0 Å². The average molecular weight is 280 g/mol. The maximum atomic E-state index is 13.2. The van der Waals surface area contributed by atoms with Crippen molar-refractivity contribution < 1.29 is 18.4 Å². The van der Waals surface area contributed by atoms with Crippen molar-refractivity contribution in [2.75, 3.05) is 13.1 Å². The van der Waals surface area contributed by atoms with Crippen LogP contribution in [0.2, 0.25) is 0 Å². The molecule has 0 aliphatic carbocycles. The fourth-order valence-electron chi connectivity index (χ4n) is 2.77. The highest BCUT2D eigenvalue weighted by Gasteiger charge is 2.36. The topological polar surface area (TPSA) is 49.4 Å². The van der Waals surface area contributed by atoms with Crippen molar-refractivity contribution in [1.29, 1.82) is 0 Å². The second kappa shape index (κ2) is 4.94. The van der Waals surface area contributed by atoms with Crippen LogP contribution >= 0.6 is 0 Å². The highest BCUT2D eigenvalue weighted by Crippen LogP contribution is 2.26. The van der Waals surface area contributed by atoms with Gasteiger partial charge in [-0.15, -0.1) is 0 Å². The minimum absolute atomic E-state index is 0.0479. The minimum Gasteiger partial charge on any atom is -0.314 e. The van der Waals surface area contributed by atoms with Gasteiger partial charge in [0.2, 0.25) is 0 Å². The molecular weight excluding hydrogens is 266 g/mol. The van der Waals surface area contributed by atoms with E-state index < -0.39 is 23.4 Å². The van der Waals surface area contributed by atoms with E-state index in [0.29, 0.717) is 12.5 Å². The quantitative estimate of drug-likeness (QED) is 0.857. The lowest BCUT2D eigenvalue weighted by atomic mass is 10.1. The first kappa shape index (κ1) is 13.2. The van der Waals surface area contributed by atoms with Crippen LogP contribution in [0.3, 0.4) is 0 Å². The number of benzene rings is 1. The van der Waals surface area contributed by atoms with E-state index in [0.717, 1.165) is 36.4 Å². The highest BCUT2D eigenvalue weighted by atomic mass is 19.2. The molecule has 0 bridgehead atoms. The van der Waals surface area contributed by atoms with Gasteiger partial charge in [-0.3, -0.25) is 14.5 Å². The van der Waals surface area contributed by atoms with E-state index >= 15 is 0 Å². The molecule has 2 amide bonds. The number of carbonyl (C=O) groups is 2. The van der Waals surface area contributed by atoms with Crippen molar-refractivity contribution in [2.45, 2.75) is 25.3 Å². The summed E-state index contributed by atoms with van der Waals surface area (Å²) in [4.78, 5) is 25.2. The Kier molecular flexibility index (Phi) is 3.25. The number of halogens is 2. The lowest BCUT2D eigenvalue weighted by Gasteiger charge is -2.16. The zero-order valence-electron chi connectivity index (χ0n) is 10.8. The Bertz CT molecular complexity index is 542. The van der Waals surface area contributed by atoms with E-state index in [-0.39, 0.29) is 17.7 Å². The molecule has 4 nitrogen and oxygen atoms in total. The molecule has 0 aromatic heterocycles. The summed E-state index contributed by atoms with van der Waals surface area (Å²) in [5.74, 6) is -3.29. The molecule has 6 heteroatoms. The Hall–Kier alpha value is -1.82. The molecule has 1 aromatic rings. The van der Waals surface area contributed by atoms with Gasteiger partial charge in [0.15, 0.2) is 11.6 Å². The lowest BCUT2D eigenvalue weighted by molar-refractivity contribution is 0.0649. The third-order valence-electron chi connectivity index (χ3n) is 3.88. The number of hydrogen-bond donors (Lipinski definition) is 1. The molecule has 1 atom stereocenters. The largest absolute Gasteiger partial charge is 0.314 e. The number of carbonyl (C=O) groups excluding carboxylic acids is 2. The summed E-state index contributed by atoms with van der Waals surface area (Å²) in [5, 5.41) is 3.28. The predicted octanol–water partition coefficient (Wildman–Crippen LogP) is 1.70. The number of nitrogens with zero attached hydrogens (tertiary/aromatic N) is 1. The first-order valence-corrected chi connectivity index (χ1v) is 6.66. The zero-order chi connectivity index (χ0) is 14.3. The maximum absolute atomic E-state index is 13.2. The molecule has 1 saturated heterocycles. The summed E-state index contributed by atoms with van der Waals surface area (Å²) in [6.45, 7) is 1.22. The van der Waals surface area contributed by atoms with E-state index in [1.165, 1.54) is 0 Å². The fourth-order valence-corrected chi connectivity index (χ4v) is 2.77. The van der Waals surface area contributed by atoms with Crippen molar-refractivity contribution >= 4 is 11.8 Å². The van der Waals surface area contributed by atoms with Crippen LogP contribution < -0.4 is 5.32 Å². The number of hydrogen-bond acceptors (Lipinski definition) is 3. The monoisotopic (exact) mass is 280 g/mol. The number of fused-ring (bicyclic) bond motifs is 1. The molecule has 0 saturated carbocycles. The Balaban J connectivity index is 1.78. The van der Waals surface area contributed by atoms with Crippen LogP contribution in [0.25, 0.3) is 0 Å². The van der Waals surface area contributed by atoms with Gasteiger partial charge in [-0.05, 0) is 37.9 Å². The Morgan fingerprint density at radius 1 is 1.15 bits per heavy atom. The first-order valence-electron chi connectivity index (χ1n) is 6.66. The van der Waals surface area contributed by atoms with Gasteiger partial charge in [0.25, 0.3) is 11.8 Å². The van der Waals surface area contributed by atoms with Crippen LogP contribution in [0, 0.1) is 11.6 Å². The number of amides is 2. The number of nitrogens with one attached hydrogen (secondary N) is 1. The third-order valence-corrected chi connectivity index (χ3v) is 3.88. The van der Waals surface area contributed by atoms with Gasteiger partial charge in [0.05, 0.1) is 11.1 Å². The average Bonchev–Trinajstić information content (AvgIpc) is 3.00. The van der Waals surface area contributed by atoms with E-state index in [9.17, 15) is 18.4 Å². The van der Waals surface area contributed by atoms with Crippen molar-refractivity contribution in [2.24, 2.45) is 0 Å². The SMILES string of the molecule is O=C1c2cc(F)c(F)cc2C(=O)N1CCC1CCCN1. The van der Waals surface area contributed by atoms with Crippen molar-refractivity contribution in [1.82, 2.24) is 10.2 Å². The Morgan fingerprint density at radius 3 is 2.25 bits per heavy atom. The number of imide groups is 1. The van der Waals surface area contributed by atoms with Crippen LogP contribution in [0.1, 0.15) is 40.0 Å². The van der Waals surface area contributed by atoms with E-state index in [2.05, 4.69) is 5.32 Å². The van der Waals surface area contributed by atoms with Crippen molar-refractivity contribution in [3.63, 3.8) is 0 Å². The molecule has 3 rings (SSSR count). The van der Waals surface area contributed by atoms with Crippen LogP contribution in [0.5, 0.6) is 0 Å². The van der Waals surface area contributed by atoms with Crippen LogP contribution in [-0.4, -0.2) is 35.8 Å². The minimum atomic E-state index is -1.11. The fraction of sp³-hybridized carbons (Fsp3) is 0.429. The second-order valence-corrected chi connectivity index (χ2v) is 5.16. The summed E-state index contributed by atoms with van der Waals surface area (Å²) in [5.41, 5.74) is -0.0958. The molecule has 2 aliphatic rings. The summed E-state index contributed by atoms with van der Waals surface area (Å²) < 4.78 is 26.3. The van der Waals surface area contributed by atoms with Gasteiger partial charge >= 0.3 is 0 Å². The first-order chi connectivity index (χ1) is 9.58. The molecule has 1 unspecified atom stereocenters. The summed E-state index contributed by atoms with van der Waals surface area (Å²) >= 11 is 0. The van der Waals surface area contributed by atoms with E-state index in [4.69, 9.17) is 0 Å². The standard InChI is InChI=1S/C14H14F2N2O2/c15-11-6-9-10(7-12(11)16)14(20)18(13(9)19)5-3-8-2-1-4-17-8/h6-8,17H,1-5H2. The molecule has 1 fully saturated rings. The molecule has 1 aromatic carbocycles. The van der Waals surface area contributed by atoms with Crippen LogP contribution in [0.4, 0.5) is 8.78 Å². The molecule has 2 aliphatic heterocycles. The molecule has 106 valence electrons. The van der Waals surface area contributed by atoms with Gasteiger partial charge in [0, 0.05) is 12.6 Å². The molecule has 2 heterocycles. The predicted molar refractivity (Wildman–Crippen MR) is 67.4 cm³/mol. The Morgan fingerprint density at radius 2 is 1.75 bits per heavy atom. The van der Waals surface area contributed by atoms with Gasteiger partial charge in [0.1, 0.15) is 0 Å². The van der Waals surface area contributed by atoms with Gasteiger partial charge in [-0.1, -0.05) is 0 Å². The molecule has 0 spiro atoms. The molecular formula is C14H14F2N2O2. The second-order valence-electron chi connectivity index (χ2n) is 5.16. The summed E-state index contributed by atoms with van der Waals surface area (Å²) in [6, 6.07) is 1.91. The van der Waals surface area contributed by atoms with Crippen LogP contribution in [-0.2, 0) is 0 Å². The highest BCUT2D eigenvalue weighted by molar-refractivity contribution is 6.21. The van der Waals surface area contributed by atoms with Crippen molar-refractivity contribution in [3.8, 4) is 0 Å². The molecule has 20 heavy (non-hydrogen) atoms. The summed E-state index contributed by atoms with van der Waals surface area (Å²) in [6.07, 6.45) is 2.77. The summed E-state index contributed by atoms with van der Waals surface area (Å²) in [7, 11) is 0. The molecule has 0 radical (unpaired) electrons. The third kappa shape index (κ3) is 2.10. The zero-order valence-corrected chi connectivity index (χ0v) is 10.8. The normalized spacial score (nSPS) is 21.7. The lowest BCUT2D eigenvalue weighted by Crippen LogP contribution is -2.34. The smallest absolute Gasteiger partial charge is 0.261 e. The Labute approximate surface area is 114 Å². The van der Waals surface area contributed by atoms with Gasteiger partial charge in [-0.25, -0.2) is 8.78 Å². The van der Waals surface area contributed by atoms with E-state index in [1.807, 2.05) is 0 Å².